The van der Waals surface area contributed by atoms with Gasteiger partial charge in [-0.3, -0.25) is 9.48 Å². The molecule has 6 nitrogen and oxygen atoms in total. The van der Waals surface area contributed by atoms with E-state index in [4.69, 9.17) is 0 Å². The molecule has 1 unspecified atom stereocenters. The lowest BCUT2D eigenvalue weighted by molar-refractivity contribution is -0.144. The molecule has 0 radical (unpaired) electrons. The highest BCUT2D eigenvalue weighted by atomic mass is 79.9. The summed E-state index contributed by atoms with van der Waals surface area (Å²) < 4.78 is 15.0. The molecule has 122 valence electrons. The predicted octanol–water partition coefficient (Wildman–Crippen LogP) is 2.53. The number of amides is 1. The van der Waals surface area contributed by atoms with Crippen molar-refractivity contribution in [2.24, 2.45) is 0 Å². The number of nitrogens with zero attached hydrogens (tertiary/aromatic N) is 2. The number of halogens is 2. The van der Waals surface area contributed by atoms with Crippen molar-refractivity contribution in [1.82, 2.24) is 15.1 Å². The number of aliphatic carboxylic acids is 1. The van der Waals surface area contributed by atoms with Crippen LogP contribution in [0.3, 0.4) is 0 Å². The number of carboxylic acid groups (broad SMARTS) is 1. The van der Waals surface area contributed by atoms with Crippen molar-refractivity contribution in [3.05, 3.63) is 52.0 Å². The SMILES string of the molecule is CCn1nccc1C(=O)NC(C)(C(=O)O)c1ccc(F)cc1Br. The van der Waals surface area contributed by atoms with E-state index in [0.717, 1.165) is 12.1 Å². The summed E-state index contributed by atoms with van der Waals surface area (Å²) in [6, 6.07) is 5.12. The number of carboxylic acids is 1. The van der Waals surface area contributed by atoms with Crippen LogP contribution >= 0.6 is 15.9 Å². The molecular formula is C15H15BrFN3O3. The maximum atomic E-state index is 13.2. The lowest BCUT2D eigenvalue weighted by Crippen LogP contribution is -2.50. The van der Waals surface area contributed by atoms with Crippen LogP contribution in [0, 0.1) is 5.82 Å². The van der Waals surface area contributed by atoms with Gasteiger partial charge in [0.25, 0.3) is 5.91 Å². The largest absolute Gasteiger partial charge is 0.479 e. The second-order valence-electron chi connectivity index (χ2n) is 5.04. The van der Waals surface area contributed by atoms with Gasteiger partial charge in [-0.25, -0.2) is 9.18 Å². The molecule has 0 aliphatic carbocycles. The molecule has 2 rings (SSSR count). The van der Waals surface area contributed by atoms with E-state index in [0.29, 0.717) is 6.54 Å². The van der Waals surface area contributed by atoms with E-state index < -0.39 is 23.2 Å². The van der Waals surface area contributed by atoms with Crippen molar-refractivity contribution in [2.45, 2.75) is 25.9 Å². The van der Waals surface area contributed by atoms with Gasteiger partial charge in [-0.05, 0) is 32.0 Å². The minimum absolute atomic E-state index is 0.238. The van der Waals surface area contributed by atoms with Gasteiger partial charge in [-0.1, -0.05) is 22.0 Å². The third-order valence-corrected chi connectivity index (χ3v) is 4.17. The third-order valence-electron chi connectivity index (χ3n) is 3.51. The van der Waals surface area contributed by atoms with Crippen molar-refractivity contribution in [2.75, 3.05) is 0 Å². The number of nitrogens with one attached hydrogen (secondary N) is 1. The van der Waals surface area contributed by atoms with Gasteiger partial charge in [0.05, 0.1) is 0 Å². The van der Waals surface area contributed by atoms with E-state index in [1.807, 2.05) is 6.92 Å². The Morgan fingerprint density at radius 1 is 1.43 bits per heavy atom. The topological polar surface area (TPSA) is 84.2 Å². The maximum Gasteiger partial charge on any atom is 0.333 e. The summed E-state index contributed by atoms with van der Waals surface area (Å²) in [6.45, 7) is 3.63. The number of benzene rings is 1. The Morgan fingerprint density at radius 3 is 2.70 bits per heavy atom. The molecule has 0 bridgehead atoms. The fourth-order valence-electron chi connectivity index (χ4n) is 2.20. The monoisotopic (exact) mass is 383 g/mol. The Labute approximate surface area is 140 Å². The molecule has 1 amide bonds. The maximum absolute atomic E-state index is 13.2. The zero-order valence-corrected chi connectivity index (χ0v) is 14.1. The van der Waals surface area contributed by atoms with E-state index in [9.17, 15) is 19.1 Å². The highest BCUT2D eigenvalue weighted by Gasteiger charge is 2.39. The number of carbonyl (C=O) groups excluding carboxylic acids is 1. The van der Waals surface area contributed by atoms with Gasteiger partial charge >= 0.3 is 5.97 Å². The van der Waals surface area contributed by atoms with Crippen molar-refractivity contribution in [1.29, 1.82) is 0 Å². The van der Waals surface area contributed by atoms with Crippen molar-refractivity contribution >= 4 is 27.8 Å². The van der Waals surface area contributed by atoms with Crippen LogP contribution in [0.4, 0.5) is 4.39 Å². The number of carbonyl (C=O) groups is 2. The quantitative estimate of drug-likeness (QED) is 0.830. The fourth-order valence-corrected chi connectivity index (χ4v) is 2.95. The average molecular weight is 384 g/mol. The van der Waals surface area contributed by atoms with Gasteiger partial charge in [0, 0.05) is 22.8 Å². The van der Waals surface area contributed by atoms with Crippen LogP contribution in [-0.2, 0) is 16.9 Å². The molecule has 0 aliphatic rings. The van der Waals surface area contributed by atoms with Crippen LogP contribution in [0.5, 0.6) is 0 Å². The van der Waals surface area contributed by atoms with E-state index in [2.05, 4.69) is 26.3 Å². The van der Waals surface area contributed by atoms with Crippen LogP contribution in [0.1, 0.15) is 29.9 Å². The number of aromatic nitrogens is 2. The summed E-state index contributed by atoms with van der Waals surface area (Å²) in [6.07, 6.45) is 1.46. The molecule has 23 heavy (non-hydrogen) atoms. The first-order valence-electron chi connectivity index (χ1n) is 6.83. The summed E-state index contributed by atoms with van der Waals surface area (Å²) in [7, 11) is 0. The normalized spacial score (nSPS) is 13.4. The van der Waals surface area contributed by atoms with Crippen molar-refractivity contribution in [3.63, 3.8) is 0 Å². The molecule has 1 atom stereocenters. The highest BCUT2D eigenvalue weighted by molar-refractivity contribution is 9.10. The highest BCUT2D eigenvalue weighted by Crippen LogP contribution is 2.30. The minimum atomic E-state index is -1.73. The Kier molecular flexibility index (Phi) is 4.84. The number of hydrogen-bond acceptors (Lipinski definition) is 3. The zero-order valence-electron chi connectivity index (χ0n) is 12.5. The van der Waals surface area contributed by atoms with Crippen LogP contribution in [0.15, 0.2) is 34.9 Å². The fraction of sp³-hybridized carbons (Fsp3) is 0.267. The van der Waals surface area contributed by atoms with E-state index >= 15 is 0 Å². The Balaban J connectivity index is 2.42. The molecule has 0 aliphatic heterocycles. The van der Waals surface area contributed by atoms with Gasteiger partial charge in [0.1, 0.15) is 11.5 Å². The van der Waals surface area contributed by atoms with Crippen molar-refractivity contribution < 1.29 is 19.1 Å². The standard InChI is InChI=1S/C15H15BrFN3O3/c1-3-20-12(6-7-18-20)13(21)19-15(2,14(22)23)10-5-4-9(17)8-11(10)16/h4-8H,3H2,1-2H3,(H,19,21)(H,22,23). The molecule has 0 fully saturated rings. The molecule has 1 aromatic carbocycles. The van der Waals surface area contributed by atoms with Crippen molar-refractivity contribution in [3.8, 4) is 0 Å². The summed E-state index contributed by atoms with van der Waals surface area (Å²) in [5.74, 6) is -2.35. The molecule has 2 N–H and O–H groups in total. The number of hydrogen-bond donors (Lipinski definition) is 2. The van der Waals surface area contributed by atoms with Gasteiger partial charge in [0.15, 0.2) is 5.54 Å². The molecule has 0 spiro atoms. The number of aryl methyl sites for hydroxylation is 1. The lowest BCUT2D eigenvalue weighted by Gasteiger charge is -2.28. The third kappa shape index (κ3) is 3.26. The first-order valence-corrected chi connectivity index (χ1v) is 7.62. The van der Waals surface area contributed by atoms with Gasteiger partial charge in [-0.2, -0.15) is 5.10 Å². The van der Waals surface area contributed by atoms with E-state index in [1.54, 1.807) is 0 Å². The Bertz CT molecular complexity index is 762. The Morgan fingerprint density at radius 2 is 2.13 bits per heavy atom. The van der Waals surface area contributed by atoms with Gasteiger partial charge in [0.2, 0.25) is 0 Å². The molecule has 8 heteroatoms. The molecule has 1 heterocycles. The summed E-state index contributed by atoms with van der Waals surface area (Å²) in [5.41, 5.74) is -1.24. The average Bonchev–Trinajstić information content (AvgIpc) is 2.95. The predicted molar refractivity (Wildman–Crippen MR) is 84.5 cm³/mol. The summed E-state index contributed by atoms with van der Waals surface area (Å²) >= 11 is 3.15. The van der Waals surface area contributed by atoms with Crippen LogP contribution in [0.2, 0.25) is 0 Å². The van der Waals surface area contributed by atoms with Gasteiger partial charge < -0.3 is 10.4 Å². The van der Waals surface area contributed by atoms with Crippen LogP contribution in [-0.4, -0.2) is 26.8 Å². The van der Waals surface area contributed by atoms with Crippen LogP contribution in [0.25, 0.3) is 0 Å². The summed E-state index contributed by atoms with van der Waals surface area (Å²) in [4.78, 5) is 24.2. The number of rotatable bonds is 5. The molecular weight excluding hydrogens is 369 g/mol. The molecule has 0 saturated heterocycles. The Hall–Kier alpha value is -2.22. The van der Waals surface area contributed by atoms with Crippen LogP contribution < -0.4 is 5.32 Å². The first kappa shape index (κ1) is 17.1. The second kappa shape index (κ2) is 6.49. The minimum Gasteiger partial charge on any atom is -0.479 e. The van der Waals surface area contributed by atoms with Gasteiger partial charge in [-0.15, -0.1) is 0 Å². The zero-order chi connectivity index (χ0) is 17.2. The van der Waals surface area contributed by atoms with E-state index in [-0.39, 0.29) is 15.7 Å². The smallest absolute Gasteiger partial charge is 0.333 e. The molecule has 0 saturated carbocycles. The summed E-state index contributed by atoms with van der Waals surface area (Å²) in [5, 5.41) is 16.1. The lowest BCUT2D eigenvalue weighted by atomic mass is 9.91. The molecule has 2 aromatic rings. The first-order chi connectivity index (χ1) is 10.8. The molecule has 1 aromatic heterocycles. The van der Waals surface area contributed by atoms with E-state index in [1.165, 1.54) is 29.9 Å². The second-order valence-corrected chi connectivity index (χ2v) is 5.89.